The fourth-order valence-electron chi connectivity index (χ4n) is 3.36. The van der Waals surface area contributed by atoms with Gasteiger partial charge in [0.05, 0.1) is 6.04 Å². The van der Waals surface area contributed by atoms with Gasteiger partial charge in [-0.05, 0) is 44.4 Å². The van der Waals surface area contributed by atoms with Crippen molar-refractivity contribution in [2.45, 2.75) is 52.1 Å². The molecule has 0 radical (unpaired) electrons. The second kappa shape index (κ2) is 6.31. The Bertz CT molecular complexity index is 925. The van der Waals surface area contributed by atoms with Gasteiger partial charge in [0.25, 0.3) is 5.91 Å². The molecule has 0 saturated carbocycles. The number of carbonyl (C=O) groups is 1. The summed E-state index contributed by atoms with van der Waals surface area (Å²) in [7, 11) is 0. The molecule has 0 aromatic carbocycles. The van der Waals surface area contributed by atoms with Gasteiger partial charge in [-0.15, -0.1) is 10.2 Å². The van der Waals surface area contributed by atoms with Crippen molar-refractivity contribution in [2.24, 2.45) is 0 Å². The van der Waals surface area contributed by atoms with Crippen molar-refractivity contribution in [2.75, 3.05) is 0 Å². The van der Waals surface area contributed by atoms with E-state index in [4.69, 9.17) is 0 Å². The van der Waals surface area contributed by atoms with Gasteiger partial charge in [0.1, 0.15) is 17.2 Å². The van der Waals surface area contributed by atoms with Gasteiger partial charge >= 0.3 is 0 Å². The van der Waals surface area contributed by atoms with Gasteiger partial charge in [0.2, 0.25) is 0 Å². The Labute approximate surface area is 146 Å². The van der Waals surface area contributed by atoms with E-state index in [-0.39, 0.29) is 11.9 Å². The summed E-state index contributed by atoms with van der Waals surface area (Å²) in [6.07, 6.45) is 8.12. The minimum atomic E-state index is -0.210. The summed E-state index contributed by atoms with van der Waals surface area (Å²) in [5.74, 6) is 1.65. The second-order valence-electron chi connectivity index (χ2n) is 6.73. The highest BCUT2D eigenvalue weighted by Crippen LogP contribution is 2.19. The first kappa shape index (κ1) is 15.8. The van der Waals surface area contributed by atoms with Crippen LogP contribution in [0.15, 0.2) is 24.5 Å². The van der Waals surface area contributed by atoms with E-state index in [1.165, 1.54) is 6.42 Å². The largest absolute Gasteiger partial charge is 0.341 e. The standard InChI is InChI=1S/C18H22N6O/c1-12-7-9-23-11-14(20-16(23)10-12)18(25)19-13(2)17-22-21-15-6-4-3-5-8-24(15)17/h7,9-11,13H,3-6,8H2,1-2H3,(H,19,25). The minimum absolute atomic E-state index is 0.195. The van der Waals surface area contributed by atoms with Crippen LogP contribution in [-0.4, -0.2) is 30.1 Å². The summed E-state index contributed by atoms with van der Waals surface area (Å²) in [6, 6.07) is 3.74. The molecule has 25 heavy (non-hydrogen) atoms. The Kier molecular flexibility index (Phi) is 3.99. The number of rotatable bonds is 3. The highest BCUT2D eigenvalue weighted by Gasteiger charge is 2.22. The van der Waals surface area contributed by atoms with Crippen LogP contribution in [-0.2, 0) is 13.0 Å². The quantitative estimate of drug-likeness (QED) is 0.796. The molecule has 0 fully saturated rings. The van der Waals surface area contributed by atoms with Gasteiger partial charge in [-0.1, -0.05) is 6.42 Å². The summed E-state index contributed by atoms with van der Waals surface area (Å²) in [6.45, 7) is 4.87. The summed E-state index contributed by atoms with van der Waals surface area (Å²) in [5.41, 5.74) is 2.30. The number of aryl methyl sites for hydroxylation is 2. The molecule has 3 aromatic rings. The van der Waals surface area contributed by atoms with Crippen molar-refractivity contribution in [1.29, 1.82) is 0 Å². The molecule has 4 rings (SSSR count). The van der Waals surface area contributed by atoms with Gasteiger partial charge in [-0.2, -0.15) is 0 Å². The third kappa shape index (κ3) is 3.01. The highest BCUT2D eigenvalue weighted by molar-refractivity contribution is 5.93. The normalized spacial score (nSPS) is 15.6. The summed E-state index contributed by atoms with van der Waals surface area (Å²) < 4.78 is 4.01. The van der Waals surface area contributed by atoms with Gasteiger partial charge < -0.3 is 14.3 Å². The Hall–Kier alpha value is -2.70. The first-order valence-electron chi connectivity index (χ1n) is 8.80. The highest BCUT2D eigenvalue weighted by atomic mass is 16.2. The van der Waals surface area contributed by atoms with E-state index in [2.05, 4.69) is 25.1 Å². The van der Waals surface area contributed by atoms with Crippen LogP contribution in [0.2, 0.25) is 0 Å². The number of amides is 1. The lowest BCUT2D eigenvalue weighted by molar-refractivity contribution is 0.0933. The van der Waals surface area contributed by atoms with Gasteiger partial charge in [-0.25, -0.2) is 4.98 Å². The van der Waals surface area contributed by atoms with Crippen LogP contribution in [0.5, 0.6) is 0 Å². The van der Waals surface area contributed by atoms with Crippen LogP contribution in [0.4, 0.5) is 0 Å². The first-order valence-corrected chi connectivity index (χ1v) is 8.80. The Morgan fingerprint density at radius 2 is 2.16 bits per heavy atom. The van der Waals surface area contributed by atoms with Crippen LogP contribution in [0.3, 0.4) is 0 Å². The molecule has 130 valence electrons. The van der Waals surface area contributed by atoms with Gasteiger partial charge in [0, 0.05) is 25.4 Å². The number of pyridine rings is 1. The van der Waals surface area contributed by atoms with E-state index in [0.29, 0.717) is 5.69 Å². The number of carbonyl (C=O) groups excluding carboxylic acids is 1. The fourth-order valence-corrected chi connectivity index (χ4v) is 3.36. The van der Waals surface area contributed by atoms with E-state index >= 15 is 0 Å². The number of aromatic nitrogens is 5. The molecule has 0 saturated heterocycles. The number of hydrogen-bond acceptors (Lipinski definition) is 4. The molecule has 0 bridgehead atoms. The lowest BCUT2D eigenvalue weighted by atomic mass is 10.2. The third-order valence-corrected chi connectivity index (χ3v) is 4.72. The van der Waals surface area contributed by atoms with Gasteiger partial charge in [-0.3, -0.25) is 4.79 Å². The molecule has 1 atom stereocenters. The van der Waals surface area contributed by atoms with E-state index < -0.39 is 0 Å². The molecule has 1 aliphatic rings. The number of nitrogens with one attached hydrogen (secondary N) is 1. The zero-order valence-corrected chi connectivity index (χ0v) is 14.6. The van der Waals surface area contributed by atoms with Crippen molar-refractivity contribution in [1.82, 2.24) is 29.5 Å². The van der Waals surface area contributed by atoms with Crippen LogP contribution >= 0.6 is 0 Å². The number of fused-ring (bicyclic) bond motifs is 2. The van der Waals surface area contributed by atoms with Crippen LogP contribution in [0, 0.1) is 6.92 Å². The molecule has 0 aliphatic carbocycles. The van der Waals surface area contributed by atoms with E-state index in [0.717, 1.165) is 48.7 Å². The summed E-state index contributed by atoms with van der Waals surface area (Å²) in [5, 5.41) is 11.6. The molecule has 1 N–H and O–H groups in total. The van der Waals surface area contributed by atoms with E-state index in [1.54, 1.807) is 6.20 Å². The topological polar surface area (TPSA) is 77.1 Å². The van der Waals surface area contributed by atoms with Crippen LogP contribution in [0.1, 0.15) is 59.9 Å². The van der Waals surface area contributed by atoms with Crippen molar-refractivity contribution >= 4 is 11.6 Å². The van der Waals surface area contributed by atoms with Crippen LogP contribution in [0.25, 0.3) is 5.65 Å². The molecule has 1 amide bonds. The van der Waals surface area contributed by atoms with Crippen molar-refractivity contribution < 1.29 is 4.79 Å². The van der Waals surface area contributed by atoms with Crippen molar-refractivity contribution in [3.8, 4) is 0 Å². The number of hydrogen-bond donors (Lipinski definition) is 1. The lowest BCUT2D eigenvalue weighted by Crippen LogP contribution is -2.29. The maximum atomic E-state index is 12.6. The predicted octanol–water partition coefficient (Wildman–Crippen LogP) is 2.45. The molecule has 1 unspecified atom stereocenters. The first-order chi connectivity index (χ1) is 12.1. The SMILES string of the molecule is Cc1ccn2cc(C(=O)NC(C)c3nnc4n3CCCCC4)nc2c1. The van der Waals surface area contributed by atoms with Crippen molar-refractivity contribution in [3.05, 3.63) is 47.4 Å². The average Bonchev–Trinajstić information content (AvgIpc) is 3.12. The van der Waals surface area contributed by atoms with Crippen LogP contribution < -0.4 is 5.32 Å². The second-order valence-corrected chi connectivity index (χ2v) is 6.73. The lowest BCUT2D eigenvalue weighted by Gasteiger charge is -2.14. The van der Waals surface area contributed by atoms with E-state index in [9.17, 15) is 4.79 Å². The fraction of sp³-hybridized carbons (Fsp3) is 0.444. The Balaban J connectivity index is 1.54. The minimum Gasteiger partial charge on any atom is -0.341 e. The molecule has 0 spiro atoms. The zero-order chi connectivity index (χ0) is 17.4. The number of nitrogens with zero attached hydrogens (tertiary/aromatic N) is 5. The molecular weight excluding hydrogens is 316 g/mol. The third-order valence-electron chi connectivity index (χ3n) is 4.72. The Morgan fingerprint density at radius 1 is 1.28 bits per heavy atom. The zero-order valence-electron chi connectivity index (χ0n) is 14.6. The van der Waals surface area contributed by atoms with Gasteiger partial charge in [0.15, 0.2) is 5.82 Å². The molecule has 7 heteroatoms. The van der Waals surface area contributed by atoms with E-state index in [1.807, 2.05) is 36.6 Å². The maximum Gasteiger partial charge on any atom is 0.272 e. The molecule has 7 nitrogen and oxygen atoms in total. The monoisotopic (exact) mass is 338 g/mol. The maximum absolute atomic E-state index is 12.6. The average molecular weight is 338 g/mol. The molecule has 4 heterocycles. The molecule has 1 aliphatic heterocycles. The Morgan fingerprint density at radius 3 is 3.04 bits per heavy atom. The number of imidazole rings is 1. The summed E-state index contributed by atoms with van der Waals surface area (Å²) in [4.78, 5) is 17.0. The van der Waals surface area contributed by atoms with Crippen molar-refractivity contribution in [3.63, 3.8) is 0 Å². The predicted molar refractivity (Wildman–Crippen MR) is 93.4 cm³/mol. The summed E-state index contributed by atoms with van der Waals surface area (Å²) >= 11 is 0. The smallest absolute Gasteiger partial charge is 0.272 e. The molecule has 3 aromatic heterocycles. The molecular formula is C18H22N6O.